The van der Waals surface area contributed by atoms with Crippen LogP contribution in [0.1, 0.15) is 0 Å². The van der Waals surface area contributed by atoms with Crippen LogP contribution < -0.4 is 5.32 Å². The fourth-order valence-corrected chi connectivity index (χ4v) is 0.476. The van der Waals surface area contributed by atoms with Gasteiger partial charge in [-0.3, -0.25) is 0 Å². The van der Waals surface area contributed by atoms with Crippen molar-refractivity contribution < 1.29 is 4.42 Å². The molecule has 0 atom stereocenters. The minimum Gasteiger partial charge on any atom is -0.428 e. The number of aromatic nitrogens is 1. The highest BCUT2D eigenvalue weighted by atomic mass is 16.4. The zero-order valence-electron chi connectivity index (χ0n) is 5.00. The number of anilines is 1. The first kappa shape index (κ1) is 5.88. The Bertz CT molecular complexity index is 169. The summed E-state index contributed by atoms with van der Waals surface area (Å²) in [6.45, 7) is 4.24. The molecule has 0 aliphatic heterocycles. The van der Waals surface area contributed by atoms with Gasteiger partial charge in [0.1, 0.15) is 0 Å². The molecule has 0 unspecified atom stereocenters. The van der Waals surface area contributed by atoms with Crippen LogP contribution in [0.15, 0.2) is 29.7 Å². The van der Waals surface area contributed by atoms with Crippen LogP contribution in [0.25, 0.3) is 0 Å². The Labute approximate surface area is 53.4 Å². The normalized spacial score (nSPS) is 8.89. The van der Waals surface area contributed by atoms with E-state index in [0.717, 1.165) is 0 Å². The van der Waals surface area contributed by atoms with E-state index in [9.17, 15) is 0 Å². The smallest absolute Gasteiger partial charge is 0.213 e. The average molecular weight is 124 g/mol. The molecule has 0 aliphatic carbocycles. The first-order valence-corrected chi connectivity index (χ1v) is 2.66. The lowest BCUT2D eigenvalue weighted by molar-refractivity contribution is 0.571. The van der Waals surface area contributed by atoms with Gasteiger partial charge in [0.05, 0.1) is 6.20 Å². The van der Waals surface area contributed by atoms with Crippen molar-refractivity contribution in [2.45, 2.75) is 0 Å². The van der Waals surface area contributed by atoms with E-state index in [4.69, 9.17) is 4.42 Å². The van der Waals surface area contributed by atoms with E-state index in [1.54, 1.807) is 12.3 Å². The predicted octanol–water partition coefficient (Wildman–Crippen LogP) is 1.27. The lowest BCUT2D eigenvalue weighted by atomic mass is 10.6. The molecule has 9 heavy (non-hydrogen) atoms. The Kier molecular flexibility index (Phi) is 1.90. The molecule has 0 saturated carbocycles. The van der Waals surface area contributed by atoms with Crippen LogP contribution in [0, 0.1) is 0 Å². The summed E-state index contributed by atoms with van der Waals surface area (Å²) in [7, 11) is 0. The van der Waals surface area contributed by atoms with Gasteiger partial charge in [0.15, 0.2) is 6.39 Å². The molecule has 0 aliphatic rings. The maximum Gasteiger partial charge on any atom is 0.213 e. The SMILES string of the molecule is C=CCNc1cnco1. The predicted molar refractivity (Wildman–Crippen MR) is 35.2 cm³/mol. The summed E-state index contributed by atoms with van der Waals surface area (Å²) >= 11 is 0. The first-order valence-electron chi connectivity index (χ1n) is 2.66. The topological polar surface area (TPSA) is 38.1 Å². The number of oxazole rings is 1. The van der Waals surface area contributed by atoms with Gasteiger partial charge in [-0.15, -0.1) is 6.58 Å². The summed E-state index contributed by atoms with van der Waals surface area (Å²) in [5.41, 5.74) is 0. The molecule has 48 valence electrons. The van der Waals surface area contributed by atoms with Crippen LogP contribution in [0.5, 0.6) is 0 Å². The Morgan fingerprint density at radius 1 is 1.89 bits per heavy atom. The Morgan fingerprint density at radius 2 is 2.78 bits per heavy atom. The lowest BCUT2D eigenvalue weighted by Crippen LogP contribution is -1.94. The van der Waals surface area contributed by atoms with Crippen molar-refractivity contribution in [2.24, 2.45) is 0 Å². The summed E-state index contributed by atoms with van der Waals surface area (Å²) in [4.78, 5) is 3.71. The van der Waals surface area contributed by atoms with E-state index in [1.165, 1.54) is 6.39 Å². The molecule has 0 aromatic carbocycles. The Hall–Kier alpha value is -1.25. The van der Waals surface area contributed by atoms with Crippen molar-refractivity contribution in [3.8, 4) is 0 Å². The number of rotatable bonds is 3. The molecule has 0 saturated heterocycles. The summed E-state index contributed by atoms with van der Waals surface area (Å²) in [5.74, 6) is 0.676. The summed E-state index contributed by atoms with van der Waals surface area (Å²) in [5, 5.41) is 2.93. The Balaban J connectivity index is 2.38. The van der Waals surface area contributed by atoms with Gasteiger partial charge in [0, 0.05) is 6.54 Å². The number of nitrogens with one attached hydrogen (secondary N) is 1. The molecule has 0 radical (unpaired) electrons. The maximum absolute atomic E-state index is 4.87. The van der Waals surface area contributed by atoms with Crippen LogP contribution in [-0.2, 0) is 0 Å². The highest BCUT2D eigenvalue weighted by Crippen LogP contribution is 2.01. The maximum atomic E-state index is 4.87. The Morgan fingerprint density at radius 3 is 3.33 bits per heavy atom. The van der Waals surface area contributed by atoms with Crippen molar-refractivity contribution in [3.63, 3.8) is 0 Å². The molecule has 0 fully saturated rings. The molecule has 1 aromatic heterocycles. The van der Waals surface area contributed by atoms with Gasteiger partial charge in [0.2, 0.25) is 5.88 Å². The summed E-state index contributed by atoms with van der Waals surface area (Å²) in [6.07, 6.45) is 4.75. The lowest BCUT2D eigenvalue weighted by Gasteiger charge is -1.92. The van der Waals surface area contributed by atoms with Gasteiger partial charge in [-0.05, 0) is 0 Å². The second-order valence-corrected chi connectivity index (χ2v) is 1.54. The van der Waals surface area contributed by atoms with Gasteiger partial charge < -0.3 is 9.73 Å². The van der Waals surface area contributed by atoms with Crippen LogP contribution in [0.2, 0.25) is 0 Å². The first-order chi connectivity index (χ1) is 4.43. The van der Waals surface area contributed by atoms with E-state index in [-0.39, 0.29) is 0 Å². The molecular weight excluding hydrogens is 116 g/mol. The molecule has 1 aromatic rings. The molecule has 0 spiro atoms. The number of hydrogen-bond donors (Lipinski definition) is 1. The van der Waals surface area contributed by atoms with Crippen molar-refractivity contribution in [2.75, 3.05) is 11.9 Å². The van der Waals surface area contributed by atoms with Crippen molar-refractivity contribution in [1.29, 1.82) is 0 Å². The molecule has 0 bridgehead atoms. The van der Waals surface area contributed by atoms with E-state index < -0.39 is 0 Å². The molecule has 1 rings (SSSR count). The second kappa shape index (κ2) is 2.91. The highest BCUT2D eigenvalue weighted by molar-refractivity contribution is 5.26. The quantitative estimate of drug-likeness (QED) is 0.616. The monoisotopic (exact) mass is 124 g/mol. The third kappa shape index (κ3) is 1.60. The van der Waals surface area contributed by atoms with Gasteiger partial charge in [-0.1, -0.05) is 6.08 Å². The molecular formula is C6H8N2O. The minimum atomic E-state index is 0.676. The van der Waals surface area contributed by atoms with E-state index in [2.05, 4.69) is 16.9 Å². The molecule has 0 amide bonds. The zero-order valence-corrected chi connectivity index (χ0v) is 5.00. The highest BCUT2D eigenvalue weighted by Gasteiger charge is 1.88. The minimum absolute atomic E-state index is 0.676. The average Bonchev–Trinajstić information content (AvgIpc) is 2.34. The molecule has 3 heteroatoms. The van der Waals surface area contributed by atoms with Gasteiger partial charge >= 0.3 is 0 Å². The van der Waals surface area contributed by atoms with Crippen LogP contribution in [0.4, 0.5) is 5.88 Å². The third-order valence-corrected chi connectivity index (χ3v) is 0.853. The van der Waals surface area contributed by atoms with E-state index in [1.807, 2.05) is 0 Å². The van der Waals surface area contributed by atoms with Gasteiger partial charge in [-0.2, -0.15) is 0 Å². The van der Waals surface area contributed by atoms with Gasteiger partial charge in [-0.25, -0.2) is 4.98 Å². The second-order valence-electron chi connectivity index (χ2n) is 1.54. The van der Waals surface area contributed by atoms with Crippen molar-refractivity contribution in [1.82, 2.24) is 4.98 Å². The number of hydrogen-bond acceptors (Lipinski definition) is 3. The van der Waals surface area contributed by atoms with E-state index >= 15 is 0 Å². The standard InChI is InChI=1S/C6H8N2O/c1-2-3-8-6-4-7-5-9-6/h2,4-5,8H,1,3H2. The molecule has 3 nitrogen and oxygen atoms in total. The fourth-order valence-electron chi connectivity index (χ4n) is 0.476. The molecule has 1 N–H and O–H groups in total. The van der Waals surface area contributed by atoms with Crippen LogP contribution in [-0.4, -0.2) is 11.5 Å². The number of nitrogens with zero attached hydrogens (tertiary/aromatic N) is 1. The summed E-state index contributed by atoms with van der Waals surface area (Å²) in [6, 6.07) is 0. The fraction of sp³-hybridized carbons (Fsp3) is 0.167. The molecule has 1 heterocycles. The van der Waals surface area contributed by atoms with Crippen LogP contribution in [0.3, 0.4) is 0 Å². The van der Waals surface area contributed by atoms with Crippen LogP contribution >= 0.6 is 0 Å². The van der Waals surface area contributed by atoms with Crippen molar-refractivity contribution >= 4 is 5.88 Å². The van der Waals surface area contributed by atoms with Crippen molar-refractivity contribution in [3.05, 3.63) is 25.2 Å². The third-order valence-electron chi connectivity index (χ3n) is 0.853. The van der Waals surface area contributed by atoms with E-state index in [0.29, 0.717) is 12.4 Å². The largest absolute Gasteiger partial charge is 0.428 e. The zero-order chi connectivity index (χ0) is 6.53. The summed E-state index contributed by atoms with van der Waals surface area (Å²) < 4.78 is 4.87. The van der Waals surface area contributed by atoms with Gasteiger partial charge in [0.25, 0.3) is 0 Å².